The lowest BCUT2D eigenvalue weighted by Gasteiger charge is -2.42. The van der Waals surface area contributed by atoms with E-state index in [0.29, 0.717) is 32.4 Å². The van der Waals surface area contributed by atoms with Crippen LogP contribution >= 0.6 is 0 Å². The Labute approximate surface area is 194 Å². The van der Waals surface area contributed by atoms with E-state index in [-0.39, 0.29) is 18.5 Å². The van der Waals surface area contributed by atoms with Crippen LogP contribution in [0.4, 0.5) is 4.79 Å². The van der Waals surface area contributed by atoms with Crippen molar-refractivity contribution in [2.45, 2.75) is 31.3 Å². The monoisotopic (exact) mass is 455 g/mol. The molecular weight excluding hydrogens is 422 g/mol. The lowest BCUT2D eigenvalue weighted by molar-refractivity contribution is -0.136. The van der Waals surface area contributed by atoms with Crippen molar-refractivity contribution in [2.75, 3.05) is 47.0 Å². The molecule has 0 bridgehead atoms. The first-order chi connectivity index (χ1) is 16.0. The van der Waals surface area contributed by atoms with Gasteiger partial charge in [-0.2, -0.15) is 5.10 Å². The van der Waals surface area contributed by atoms with Gasteiger partial charge in [-0.3, -0.25) is 19.3 Å². The molecule has 2 aromatic rings. The van der Waals surface area contributed by atoms with Crippen LogP contribution in [-0.4, -0.2) is 89.0 Å². The van der Waals surface area contributed by atoms with E-state index in [1.165, 1.54) is 4.90 Å². The van der Waals surface area contributed by atoms with Gasteiger partial charge in [-0.05, 0) is 37.0 Å². The molecule has 0 N–H and O–H groups in total. The second-order valence-electron chi connectivity index (χ2n) is 8.81. The zero-order valence-corrected chi connectivity index (χ0v) is 19.7. The number of aromatic nitrogens is 2. The van der Waals surface area contributed by atoms with E-state index in [0.717, 1.165) is 36.5 Å². The Balaban J connectivity index is 1.48. The summed E-state index contributed by atoms with van der Waals surface area (Å²) in [5.74, 6) is 0.717. The number of aryl methyl sites for hydroxylation is 1. The van der Waals surface area contributed by atoms with Crippen LogP contribution in [0.15, 0.2) is 36.7 Å². The molecule has 9 nitrogen and oxygen atoms in total. The Morgan fingerprint density at radius 2 is 1.76 bits per heavy atom. The number of rotatable bonds is 9. The number of carbonyl (C=O) groups is 2. The number of amides is 3. The predicted molar refractivity (Wildman–Crippen MR) is 123 cm³/mol. The van der Waals surface area contributed by atoms with Gasteiger partial charge >= 0.3 is 6.03 Å². The number of nitrogens with zero attached hydrogens (tertiary/aromatic N) is 5. The molecule has 0 radical (unpaired) electrons. The van der Waals surface area contributed by atoms with Crippen LogP contribution in [0, 0.1) is 0 Å². The molecule has 1 aromatic heterocycles. The highest BCUT2D eigenvalue weighted by molar-refractivity contribution is 6.07. The van der Waals surface area contributed by atoms with Crippen molar-refractivity contribution in [3.63, 3.8) is 0 Å². The molecule has 2 aliphatic rings. The van der Waals surface area contributed by atoms with Gasteiger partial charge in [0.05, 0.1) is 26.5 Å². The number of hydrogen-bond donors (Lipinski definition) is 0. The van der Waals surface area contributed by atoms with Crippen LogP contribution in [0.3, 0.4) is 0 Å². The van der Waals surface area contributed by atoms with Crippen LogP contribution in [0.1, 0.15) is 24.0 Å². The van der Waals surface area contributed by atoms with Crippen LogP contribution in [0.2, 0.25) is 0 Å². The van der Waals surface area contributed by atoms with Gasteiger partial charge in [0.1, 0.15) is 11.3 Å². The molecule has 178 valence electrons. The quantitative estimate of drug-likeness (QED) is 0.538. The third kappa shape index (κ3) is 4.74. The molecule has 3 amide bonds. The number of likely N-dealkylation sites (tertiary alicyclic amines) is 1. The number of piperidine rings is 1. The number of carbonyl (C=O) groups excluding carboxylic acids is 2. The number of urea groups is 1. The average Bonchev–Trinajstić information content (AvgIpc) is 3.32. The highest BCUT2D eigenvalue weighted by Gasteiger charge is 2.57. The summed E-state index contributed by atoms with van der Waals surface area (Å²) in [5.41, 5.74) is 1.49. The summed E-state index contributed by atoms with van der Waals surface area (Å²) in [6.07, 6.45) is 5.83. The lowest BCUT2D eigenvalue weighted by Crippen LogP contribution is -2.56. The molecule has 1 aromatic carbocycles. The fourth-order valence-electron chi connectivity index (χ4n) is 4.88. The first kappa shape index (κ1) is 23.3. The molecule has 4 rings (SSSR count). The Morgan fingerprint density at radius 1 is 1.03 bits per heavy atom. The molecule has 2 fully saturated rings. The standard InChI is InChI=1S/C24H33N5O4/c1-26-17-20(16-25-26)18-27-12-9-24(10-13-27)22(30)28(14-15-32-2)23(31)29(24)11-8-19-4-6-21(33-3)7-5-19/h4-7,16-17H,8-15,18H2,1-3H3. The SMILES string of the molecule is COCCN1C(=O)N(CCc2ccc(OC)cc2)C2(CCN(Cc3cnn(C)c3)CC2)C1=O. The van der Waals surface area contributed by atoms with Gasteiger partial charge in [-0.15, -0.1) is 0 Å². The van der Waals surface area contributed by atoms with E-state index in [4.69, 9.17) is 9.47 Å². The highest BCUT2D eigenvalue weighted by atomic mass is 16.5. The molecule has 0 unspecified atom stereocenters. The summed E-state index contributed by atoms with van der Waals surface area (Å²) in [6, 6.07) is 7.65. The summed E-state index contributed by atoms with van der Waals surface area (Å²) < 4.78 is 12.2. The topological polar surface area (TPSA) is 80.1 Å². The molecule has 9 heteroatoms. The predicted octanol–water partition coefficient (Wildman–Crippen LogP) is 1.92. The van der Waals surface area contributed by atoms with Gasteiger partial charge < -0.3 is 14.4 Å². The summed E-state index contributed by atoms with van der Waals surface area (Å²) in [5, 5.41) is 4.25. The Kier molecular flexibility index (Phi) is 6.99. The largest absolute Gasteiger partial charge is 0.497 e. The number of methoxy groups -OCH3 is 2. The first-order valence-corrected chi connectivity index (χ1v) is 11.4. The van der Waals surface area contributed by atoms with Crippen LogP contribution in [0.5, 0.6) is 5.75 Å². The zero-order chi connectivity index (χ0) is 23.4. The first-order valence-electron chi connectivity index (χ1n) is 11.4. The van der Waals surface area contributed by atoms with E-state index < -0.39 is 5.54 Å². The van der Waals surface area contributed by atoms with Crippen molar-refractivity contribution >= 4 is 11.9 Å². The van der Waals surface area contributed by atoms with Crippen LogP contribution in [0.25, 0.3) is 0 Å². The summed E-state index contributed by atoms with van der Waals surface area (Å²) in [7, 11) is 5.13. The molecule has 0 saturated carbocycles. The molecule has 2 saturated heterocycles. The van der Waals surface area contributed by atoms with Crippen molar-refractivity contribution in [3.05, 3.63) is 47.8 Å². The minimum Gasteiger partial charge on any atom is -0.497 e. The van der Waals surface area contributed by atoms with Crippen LogP contribution < -0.4 is 4.74 Å². The Morgan fingerprint density at radius 3 is 2.36 bits per heavy atom. The van der Waals surface area contributed by atoms with Gasteiger partial charge in [0.15, 0.2) is 0 Å². The summed E-state index contributed by atoms with van der Waals surface area (Å²) in [4.78, 5) is 32.4. The second kappa shape index (κ2) is 9.93. The number of imide groups is 1. The highest BCUT2D eigenvalue weighted by Crippen LogP contribution is 2.37. The van der Waals surface area contributed by atoms with Crippen molar-refractivity contribution in [2.24, 2.45) is 7.05 Å². The average molecular weight is 456 g/mol. The molecule has 0 atom stereocenters. The van der Waals surface area contributed by atoms with E-state index in [1.807, 2.05) is 48.6 Å². The lowest BCUT2D eigenvalue weighted by atomic mass is 9.85. The van der Waals surface area contributed by atoms with Crippen molar-refractivity contribution in [3.8, 4) is 5.75 Å². The smallest absolute Gasteiger partial charge is 0.327 e. The molecule has 33 heavy (non-hydrogen) atoms. The Hall–Kier alpha value is -2.91. The zero-order valence-electron chi connectivity index (χ0n) is 19.7. The van der Waals surface area contributed by atoms with Gasteiger partial charge in [0.25, 0.3) is 5.91 Å². The van der Waals surface area contributed by atoms with Gasteiger partial charge in [-0.1, -0.05) is 12.1 Å². The third-order valence-electron chi connectivity index (χ3n) is 6.77. The maximum absolute atomic E-state index is 13.5. The second-order valence-corrected chi connectivity index (χ2v) is 8.81. The van der Waals surface area contributed by atoms with Gasteiger partial charge in [-0.25, -0.2) is 4.79 Å². The molecule has 0 aliphatic carbocycles. The van der Waals surface area contributed by atoms with Crippen molar-refractivity contribution < 1.29 is 19.1 Å². The maximum Gasteiger partial charge on any atom is 0.327 e. The third-order valence-corrected chi connectivity index (χ3v) is 6.77. The maximum atomic E-state index is 13.5. The van der Waals surface area contributed by atoms with Crippen molar-refractivity contribution in [1.29, 1.82) is 0 Å². The number of hydrogen-bond acceptors (Lipinski definition) is 6. The molecule has 3 heterocycles. The van der Waals surface area contributed by atoms with E-state index >= 15 is 0 Å². The molecule has 1 spiro atoms. The summed E-state index contributed by atoms with van der Waals surface area (Å²) >= 11 is 0. The van der Waals surface area contributed by atoms with Crippen LogP contribution in [-0.2, 0) is 29.5 Å². The van der Waals surface area contributed by atoms with Crippen molar-refractivity contribution in [1.82, 2.24) is 24.5 Å². The number of benzene rings is 1. The molecular formula is C24H33N5O4. The minimum absolute atomic E-state index is 0.0830. The van der Waals surface area contributed by atoms with Gasteiger partial charge in [0, 0.05) is 52.1 Å². The fraction of sp³-hybridized carbons (Fsp3) is 0.542. The fourth-order valence-corrected chi connectivity index (χ4v) is 4.88. The van der Waals surface area contributed by atoms with Gasteiger partial charge in [0.2, 0.25) is 0 Å². The summed E-state index contributed by atoms with van der Waals surface area (Å²) in [6.45, 7) is 3.44. The van der Waals surface area contributed by atoms with E-state index in [9.17, 15) is 9.59 Å². The normalized spacial score (nSPS) is 18.5. The van der Waals surface area contributed by atoms with E-state index in [1.54, 1.807) is 18.9 Å². The Bertz CT molecular complexity index is 965. The molecule has 2 aliphatic heterocycles. The van der Waals surface area contributed by atoms with E-state index in [2.05, 4.69) is 10.00 Å². The minimum atomic E-state index is -0.775. The number of ether oxygens (including phenoxy) is 2.